The first-order chi connectivity index (χ1) is 11.5. The van der Waals surface area contributed by atoms with E-state index in [1.54, 1.807) is 12.5 Å². The Morgan fingerprint density at radius 3 is 2.79 bits per heavy atom. The highest BCUT2D eigenvalue weighted by Crippen LogP contribution is 2.16. The Balaban J connectivity index is 1.74. The molecule has 2 aromatic heterocycles. The summed E-state index contributed by atoms with van der Waals surface area (Å²) in [6, 6.07) is 0. The van der Waals surface area contributed by atoms with E-state index in [0.717, 1.165) is 31.6 Å². The molecule has 0 saturated carbocycles. The molecule has 6 nitrogen and oxygen atoms in total. The van der Waals surface area contributed by atoms with E-state index in [1.807, 2.05) is 17.7 Å². The van der Waals surface area contributed by atoms with Gasteiger partial charge in [0.1, 0.15) is 0 Å². The van der Waals surface area contributed by atoms with Crippen molar-refractivity contribution in [2.75, 3.05) is 6.54 Å². The van der Waals surface area contributed by atoms with Crippen LogP contribution in [-0.2, 0) is 24.3 Å². The molecule has 0 radical (unpaired) electrons. The van der Waals surface area contributed by atoms with Crippen molar-refractivity contribution in [3.63, 3.8) is 0 Å². The summed E-state index contributed by atoms with van der Waals surface area (Å²) in [7, 11) is 0. The minimum absolute atomic E-state index is 0.107. The molecule has 0 atom stereocenters. The largest absolute Gasteiger partial charge is 0.356 e. The van der Waals surface area contributed by atoms with Gasteiger partial charge in [-0.05, 0) is 38.2 Å². The fraction of sp³-hybridized carbons (Fsp3) is 0.611. The van der Waals surface area contributed by atoms with Crippen molar-refractivity contribution in [1.82, 2.24) is 24.6 Å². The van der Waals surface area contributed by atoms with Gasteiger partial charge in [0.2, 0.25) is 5.91 Å². The van der Waals surface area contributed by atoms with Gasteiger partial charge >= 0.3 is 0 Å². The lowest BCUT2D eigenvalue weighted by molar-refractivity contribution is -0.121. The van der Waals surface area contributed by atoms with E-state index in [2.05, 4.69) is 40.9 Å². The van der Waals surface area contributed by atoms with Gasteiger partial charge in [-0.15, -0.1) is 0 Å². The molecule has 6 heteroatoms. The second kappa shape index (κ2) is 8.66. The third-order valence-corrected chi connectivity index (χ3v) is 4.15. The van der Waals surface area contributed by atoms with E-state index in [0.29, 0.717) is 18.9 Å². The first-order valence-electron chi connectivity index (χ1n) is 8.72. The number of carbonyl (C=O) groups is 1. The molecule has 24 heavy (non-hydrogen) atoms. The van der Waals surface area contributed by atoms with Gasteiger partial charge in [-0.2, -0.15) is 5.10 Å². The molecule has 0 fully saturated rings. The molecule has 132 valence electrons. The summed E-state index contributed by atoms with van der Waals surface area (Å²) < 4.78 is 4.08. The fourth-order valence-electron chi connectivity index (χ4n) is 2.85. The van der Waals surface area contributed by atoms with E-state index in [9.17, 15) is 4.79 Å². The van der Waals surface area contributed by atoms with Crippen molar-refractivity contribution in [2.24, 2.45) is 5.92 Å². The number of nitrogens with zero attached hydrogens (tertiary/aromatic N) is 4. The predicted octanol–water partition coefficient (Wildman–Crippen LogP) is 2.49. The summed E-state index contributed by atoms with van der Waals surface area (Å²) in [5.74, 6) is 0.672. The van der Waals surface area contributed by atoms with Crippen LogP contribution >= 0.6 is 0 Å². The maximum Gasteiger partial charge on any atom is 0.220 e. The van der Waals surface area contributed by atoms with Crippen LogP contribution in [0.2, 0.25) is 0 Å². The average Bonchev–Trinajstić information content (AvgIpc) is 3.11. The molecule has 0 bridgehead atoms. The lowest BCUT2D eigenvalue weighted by atomic mass is 10.1. The third-order valence-electron chi connectivity index (χ3n) is 4.15. The number of aryl methyl sites for hydroxylation is 2. The van der Waals surface area contributed by atoms with Crippen molar-refractivity contribution in [3.05, 3.63) is 35.7 Å². The molecule has 0 spiro atoms. The van der Waals surface area contributed by atoms with E-state index in [1.165, 1.54) is 11.3 Å². The van der Waals surface area contributed by atoms with Crippen molar-refractivity contribution in [1.29, 1.82) is 0 Å². The molecule has 1 amide bonds. The van der Waals surface area contributed by atoms with Crippen LogP contribution in [0.1, 0.15) is 43.6 Å². The van der Waals surface area contributed by atoms with Gasteiger partial charge < -0.3 is 9.88 Å². The maximum atomic E-state index is 12.0. The molecule has 0 aliphatic carbocycles. The Kier molecular flexibility index (Phi) is 6.58. The Morgan fingerprint density at radius 2 is 2.12 bits per heavy atom. The summed E-state index contributed by atoms with van der Waals surface area (Å²) in [6.45, 7) is 11.0. The standard InChI is InChI=1S/C18H29N5O/c1-14(2)12-23-16(4)17(15(3)21-23)6-7-18(24)20-8-5-10-22-11-9-19-13-22/h9,11,13-14H,5-8,10,12H2,1-4H3,(H,20,24). The highest BCUT2D eigenvalue weighted by molar-refractivity contribution is 5.76. The van der Waals surface area contributed by atoms with Gasteiger partial charge in [-0.25, -0.2) is 4.98 Å². The molecule has 2 rings (SSSR count). The van der Waals surface area contributed by atoms with Crippen LogP contribution in [0.4, 0.5) is 0 Å². The predicted molar refractivity (Wildman–Crippen MR) is 94.7 cm³/mol. The molecule has 0 saturated heterocycles. The van der Waals surface area contributed by atoms with E-state index in [4.69, 9.17) is 0 Å². The van der Waals surface area contributed by atoms with Gasteiger partial charge in [0, 0.05) is 44.1 Å². The number of nitrogens with one attached hydrogen (secondary N) is 1. The van der Waals surface area contributed by atoms with E-state index >= 15 is 0 Å². The zero-order valence-electron chi connectivity index (χ0n) is 15.2. The number of imidazole rings is 1. The Bertz CT molecular complexity index is 643. The van der Waals surface area contributed by atoms with E-state index < -0.39 is 0 Å². The molecule has 0 aliphatic rings. The summed E-state index contributed by atoms with van der Waals surface area (Å²) in [4.78, 5) is 16.0. The molecule has 0 unspecified atom stereocenters. The first kappa shape index (κ1) is 18.2. The number of hydrogen-bond acceptors (Lipinski definition) is 3. The van der Waals surface area contributed by atoms with Gasteiger partial charge in [0.25, 0.3) is 0 Å². The van der Waals surface area contributed by atoms with Crippen molar-refractivity contribution < 1.29 is 4.79 Å². The first-order valence-corrected chi connectivity index (χ1v) is 8.72. The summed E-state index contributed by atoms with van der Waals surface area (Å²) >= 11 is 0. The molecular formula is C18H29N5O. The monoisotopic (exact) mass is 331 g/mol. The number of aromatic nitrogens is 4. The number of rotatable bonds is 9. The average molecular weight is 331 g/mol. The number of amides is 1. The van der Waals surface area contributed by atoms with Crippen LogP contribution in [0.5, 0.6) is 0 Å². The fourth-order valence-corrected chi connectivity index (χ4v) is 2.85. The van der Waals surface area contributed by atoms with Crippen molar-refractivity contribution in [2.45, 2.75) is 60.0 Å². The summed E-state index contributed by atoms with van der Waals surface area (Å²) in [5.41, 5.74) is 3.44. The molecular weight excluding hydrogens is 302 g/mol. The summed E-state index contributed by atoms with van der Waals surface area (Å²) in [6.07, 6.45) is 7.67. The third kappa shape index (κ3) is 5.22. The highest BCUT2D eigenvalue weighted by Gasteiger charge is 2.13. The minimum atomic E-state index is 0.107. The Hall–Kier alpha value is -2.11. The Labute approximate surface area is 144 Å². The quantitative estimate of drug-likeness (QED) is 0.718. The van der Waals surface area contributed by atoms with Crippen LogP contribution in [0.15, 0.2) is 18.7 Å². The van der Waals surface area contributed by atoms with Crippen LogP contribution in [0.3, 0.4) is 0 Å². The van der Waals surface area contributed by atoms with E-state index in [-0.39, 0.29) is 5.91 Å². The molecule has 2 heterocycles. The van der Waals surface area contributed by atoms with Crippen LogP contribution < -0.4 is 5.32 Å². The topological polar surface area (TPSA) is 64.7 Å². The minimum Gasteiger partial charge on any atom is -0.356 e. The maximum absolute atomic E-state index is 12.0. The van der Waals surface area contributed by atoms with Crippen LogP contribution in [0, 0.1) is 19.8 Å². The number of carbonyl (C=O) groups excluding carboxylic acids is 1. The molecule has 0 aliphatic heterocycles. The van der Waals surface area contributed by atoms with Gasteiger partial charge in [-0.3, -0.25) is 9.48 Å². The van der Waals surface area contributed by atoms with Crippen molar-refractivity contribution >= 4 is 5.91 Å². The normalized spacial score (nSPS) is 11.2. The molecule has 2 aromatic rings. The van der Waals surface area contributed by atoms with Crippen LogP contribution in [-0.4, -0.2) is 31.8 Å². The van der Waals surface area contributed by atoms with Crippen LogP contribution in [0.25, 0.3) is 0 Å². The zero-order valence-corrected chi connectivity index (χ0v) is 15.2. The smallest absolute Gasteiger partial charge is 0.220 e. The summed E-state index contributed by atoms with van der Waals surface area (Å²) in [5, 5.41) is 7.60. The molecule has 1 N–H and O–H groups in total. The van der Waals surface area contributed by atoms with Gasteiger partial charge in [0.15, 0.2) is 0 Å². The lowest BCUT2D eigenvalue weighted by Gasteiger charge is -2.08. The lowest BCUT2D eigenvalue weighted by Crippen LogP contribution is -2.25. The SMILES string of the molecule is Cc1nn(CC(C)C)c(C)c1CCC(=O)NCCCn1ccnc1. The van der Waals surface area contributed by atoms with Gasteiger partial charge in [0.05, 0.1) is 12.0 Å². The molecule has 0 aromatic carbocycles. The zero-order chi connectivity index (χ0) is 17.5. The second-order valence-corrected chi connectivity index (χ2v) is 6.73. The number of hydrogen-bond donors (Lipinski definition) is 1. The Morgan fingerprint density at radius 1 is 1.33 bits per heavy atom. The highest BCUT2D eigenvalue weighted by atomic mass is 16.1. The van der Waals surface area contributed by atoms with Gasteiger partial charge in [-0.1, -0.05) is 13.8 Å². The second-order valence-electron chi connectivity index (χ2n) is 6.73. The van der Waals surface area contributed by atoms with Crippen molar-refractivity contribution in [3.8, 4) is 0 Å².